The number of aromatic nitrogens is 2. The molecule has 2 fully saturated rings. The zero-order valence-electron chi connectivity index (χ0n) is 12.2. The molecular weight excluding hydrogens is 238 g/mol. The first-order valence-electron chi connectivity index (χ1n) is 7.10. The number of rotatable bonds is 2. The van der Waals surface area contributed by atoms with E-state index in [-0.39, 0.29) is 17.5 Å². The average Bonchev–Trinajstić information content (AvgIpc) is 2.67. The molecule has 3 unspecified atom stereocenters. The van der Waals surface area contributed by atoms with Crippen molar-refractivity contribution < 1.29 is 4.74 Å². The number of hydrogen-bond acceptors (Lipinski definition) is 4. The summed E-state index contributed by atoms with van der Waals surface area (Å²) in [5, 5.41) is 0. The van der Waals surface area contributed by atoms with E-state index >= 15 is 0 Å². The van der Waals surface area contributed by atoms with Crippen molar-refractivity contribution in [3.8, 4) is 5.88 Å². The Kier molecular flexibility index (Phi) is 2.57. The molecule has 1 aromatic heterocycles. The standard InChI is InChI=1S/C15H23N3O/c1-9-8-17-13(16)18-12(9)19-11-7-10-5-6-15(11,4)14(10,2)3/h8,10-11H,5-7H2,1-4H3,(H2,16,17,18). The topological polar surface area (TPSA) is 61.0 Å². The predicted molar refractivity (Wildman–Crippen MR) is 74.8 cm³/mol. The van der Waals surface area contributed by atoms with Crippen molar-refractivity contribution in [3.63, 3.8) is 0 Å². The molecule has 2 saturated carbocycles. The summed E-state index contributed by atoms with van der Waals surface area (Å²) >= 11 is 0. The van der Waals surface area contributed by atoms with E-state index in [0.717, 1.165) is 17.9 Å². The highest BCUT2D eigenvalue weighted by Gasteiger charge is 2.62. The minimum Gasteiger partial charge on any atom is -0.473 e. The molecular formula is C15H23N3O. The van der Waals surface area contributed by atoms with E-state index in [4.69, 9.17) is 10.5 Å². The first kappa shape index (κ1) is 12.7. The van der Waals surface area contributed by atoms with Crippen LogP contribution in [0.2, 0.25) is 0 Å². The number of ether oxygens (including phenoxy) is 1. The Labute approximate surface area is 114 Å². The normalized spacial score (nSPS) is 35.6. The maximum Gasteiger partial charge on any atom is 0.223 e. The third kappa shape index (κ3) is 1.65. The Morgan fingerprint density at radius 1 is 1.37 bits per heavy atom. The van der Waals surface area contributed by atoms with Crippen LogP contribution in [0, 0.1) is 23.7 Å². The van der Waals surface area contributed by atoms with E-state index in [0.29, 0.717) is 11.3 Å². The van der Waals surface area contributed by atoms with Gasteiger partial charge in [0.2, 0.25) is 11.8 Å². The zero-order valence-corrected chi connectivity index (χ0v) is 12.2. The molecule has 4 nitrogen and oxygen atoms in total. The van der Waals surface area contributed by atoms with Gasteiger partial charge in [-0.3, -0.25) is 0 Å². The minimum absolute atomic E-state index is 0.240. The first-order chi connectivity index (χ1) is 8.84. The van der Waals surface area contributed by atoms with E-state index < -0.39 is 0 Å². The van der Waals surface area contributed by atoms with E-state index in [1.54, 1.807) is 6.20 Å². The van der Waals surface area contributed by atoms with Gasteiger partial charge in [-0.25, -0.2) is 4.98 Å². The van der Waals surface area contributed by atoms with Crippen molar-refractivity contribution in [3.05, 3.63) is 11.8 Å². The van der Waals surface area contributed by atoms with Gasteiger partial charge in [-0.2, -0.15) is 4.98 Å². The summed E-state index contributed by atoms with van der Waals surface area (Å²) < 4.78 is 6.23. The summed E-state index contributed by atoms with van der Waals surface area (Å²) in [6, 6.07) is 0. The van der Waals surface area contributed by atoms with Gasteiger partial charge in [0.1, 0.15) is 6.10 Å². The van der Waals surface area contributed by atoms with Crippen LogP contribution in [0.4, 0.5) is 5.95 Å². The number of nitrogens with zero attached hydrogens (tertiary/aromatic N) is 2. The summed E-state index contributed by atoms with van der Waals surface area (Å²) in [5.74, 6) is 1.71. The molecule has 0 aliphatic heterocycles. The van der Waals surface area contributed by atoms with Crippen LogP contribution in [0.1, 0.15) is 45.6 Å². The highest BCUT2D eigenvalue weighted by molar-refractivity contribution is 5.29. The molecule has 2 aliphatic carbocycles. The maximum absolute atomic E-state index is 6.23. The van der Waals surface area contributed by atoms with Crippen LogP contribution >= 0.6 is 0 Å². The van der Waals surface area contributed by atoms with Crippen LogP contribution in [0.25, 0.3) is 0 Å². The maximum atomic E-state index is 6.23. The number of hydrogen-bond donors (Lipinski definition) is 1. The lowest BCUT2D eigenvalue weighted by Gasteiger charge is -2.38. The third-order valence-electron chi connectivity index (χ3n) is 5.91. The van der Waals surface area contributed by atoms with E-state index in [9.17, 15) is 0 Å². The van der Waals surface area contributed by atoms with Gasteiger partial charge in [-0.15, -0.1) is 0 Å². The van der Waals surface area contributed by atoms with Crippen LogP contribution in [0.5, 0.6) is 5.88 Å². The second-order valence-electron chi connectivity index (χ2n) is 6.93. The Hall–Kier alpha value is -1.32. The number of nitrogen functional groups attached to an aromatic ring is 1. The molecule has 0 aromatic carbocycles. The Morgan fingerprint density at radius 3 is 2.68 bits per heavy atom. The quantitative estimate of drug-likeness (QED) is 0.889. The number of fused-ring (bicyclic) bond motifs is 2. The summed E-state index contributed by atoms with van der Waals surface area (Å²) in [7, 11) is 0. The van der Waals surface area contributed by atoms with Crippen molar-refractivity contribution in [1.82, 2.24) is 9.97 Å². The average molecular weight is 261 g/mol. The molecule has 2 aliphatic rings. The summed E-state index contributed by atoms with van der Waals surface area (Å²) in [6.45, 7) is 9.10. The third-order valence-corrected chi connectivity index (χ3v) is 5.91. The van der Waals surface area contributed by atoms with Gasteiger partial charge in [0.15, 0.2) is 0 Å². The summed E-state index contributed by atoms with van der Waals surface area (Å²) in [5.41, 5.74) is 7.21. The lowest BCUT2D eigenvalue weighted by Crippen LogP contribution is -2.39. The van der Waals surface area contributed by atoms with E-state index in [1.807, 2.05) is 6.92 Å². The van der Waals surface area contributed by atoms with Crippen LogP contribution < -0.4 is 10.5 Å². The minimum atomic E-state index is 0.240. The van der Waals surface area contributed by atoms with Gasteiger partial charge in [-0.1, -0.05) is 20.8 Å². The number of nitrogens with two attached hydrogens (primary N) is 1. The molecule has 3 rings (SSSR count). The monoisotopic (exact) mass is 261 g/mol. The van der Waals surface area contributed by atoms with E-state index in [2.05, 4.69) is 30.7 Å². The Bertz CT molecular complexity index is 514. The Morgan fingerprint density at radius 2 is 2.11 bits per heavy atom. The zero-order chi connectivity index (χ0) is 13.8. The predicted octanol–water partition coefficient (Wildman–Crippen LogP) is 2.96. The van der Waals surface area contributed by atoms with Crippen molar-refractivity contribution in [2.75, 3.05) is 5.73 Å². The first-order valence-corrected chi connectivity index (χ1v) is 7.10. The summed E-state index contributed by atoms with van der Waals surface area (Å²) in [4.78, 5) is 8.24. The summed E-state index contributed by atoms with van der Waals surface area (Å²) in [6.07, 6.45) is 5.68. The SMILES string of the molecule is Cc1cnc(N)nc1OC1CC2CCC1(C)C2(C)C. The second kappa shape index (κ2) is 3.84. The number of anilines is 1. The fraction of sp³-hybridized carbons (Fsp3) is 0.733. The molecule has 4 heteroatoms. The van der Waals surface area contributed by atoms with Crippen molar-refractivity contribution in [1.29, 1.82) is 0 Å². The fourth-order valence-electron chi connectivity index (χ4n) is 4.00. The molecule has 0 spiro atoms. The smallest absolute Gasteiger partial charge is 0.223 e. The molecule has 104 valence electrons. The lowest BCUT2D eigenvalue weighted by atomic mass is 9.70. The van der Waals surface area contributed by atoms with E-state index in [1.165, 1.54) is 12.8 Å². The molecule has 19 heavy (non-hydrogen) atoms. The molecule has 2 N–H and O–H groups in total. The second-order valence-corrected chi connectivity index (χ2v) is 6.93. The highest BCUT2D eigenvalue weighted by atomic mass is 16.5. The molecule has 0 amide bonds. The molecule has 0 radical (unpaired) electrons. The van der Waals surface area contributed by atoms with Crippen LogP contribution in [-0.4, -0.2) is 16.1 Å². The molecule has 2 bridgehead atoms. The van der Waals surface area contributed by atoms with Crippen LogP contribution in [0.15, 0.2) is 6.20 Å². The van der Waals surface area contributed by atoms with Gasteiger partial charge < -0.3 is 10.5 Å². The van der Waals surface area contributed by atoms with Crippen molar-refractivity contribution >= 4 is 5.95 Å². The van der Waals surface area contributed by atoms with Gasteiger partial charge in [0.05, 0.1) is 0 Å². The fourth-order valence-corrected chi connectivity index (χ4v) is 4.00. The van der Waals surface area contributed by atoms with Crippen LogP contribution in [-0.2, 0) is 0 Å². The Balaban J connectivity index is 1.88. The molecule has 1 heterocycles. The van der Waals surface area contributed by atoms with Gasteiger partial charge in [0, 0.05) is 17.2 Å². The van der Waals surface area contributed by atoms with Crippen molar-refractivity contribution in [2.24, 2.45) is 16.7 Å². The molecule has 3 atom stereocenters. The lowest BCUT2D eigenvalue weighted by molar-refractivity contribution is 0.0269. The highest BCUT2D eigenvalue weighted by Crippen LogP contribution is 2.66. The molecule has 0 saturated heterocycles. The van der Waals surface area contributed by atoms with Crippen molar-refractivity contribution in [2.45, 2.75) is 53.1 Å². The van der Waals surface area contributed by atoms with Gasteiger partial charge >= 0.3 is 0 Å². The van der Waals surface area contributed by atoms with Gasteiger partial charge in [0.25, 0.3) is 0 Å². The van der Waals surface area contributed by atoms with Crippen LogP contribution in [0.3, 0.4) is 0 Å². The van der Waals surface area contributed by atoms with Gasteiger partial charge in [-0.05, 0) is 37.5 Å². The molecule has 1 aromatic rings. The number of aryl methyl sites for hydroxylation is 1. The largest absolute Gasteiger partial charge is 0.473 e.